The van der Waals surface area contributed by atoms with Crippen molar-refractivity contribution in [1.29, 1.82) is 0 Å². The van der Waals surface area contributed by atoms with E-state index >= 15 is 0 Å². The number of rotatable bonds is 3. The number of sulfone groups is 1. The lowest BCUT2D eigenvalue weighted by Gasteiger charge is -2.15. The number of aliphatic hydroxyl groups is 1. The maximum atomic E-state index is 13.8. The van der Waals surface area contributed by atoms with Gasteiger partial charge in [0.15, 0.2) is 17.6 Å². The van der Waals surface area contributed by atoms with Gasteiger partial charge in [0.05, 0.1) is 10.5 Å². The van der Waals surface area contributed by atoms with Gasteiger partial charge in [0.1, 0.15) is 11.6 Å². The Kier molecular flexibility index (Phi) is 4.54. The first kappa shape index (κ1) is 20.3. The largest absolute Gasteiger partial charge is 0.501 e. The van der Waals surface area contributed by atoms with E-state index in [-0.39, 0.29) is 5.75 Å². The third-order valence-electron chi connectivity index (χ3n) is 3.79. The maximum absolute atomic E-state index is 13.8. The standard InChI is InChI=1S/C16H10F6O5S/c1-7-4-8(17)6-9(5-7)26-10-2-3-11(28(24,25)16(20,21)22)12-13(10)27-15(18,19)14(12)23/h2-6,14,23H,1H3/t14-/m0/s1. The van der Waals surface area contributed by atoms with Crippen molar-refractivity contribution in [3.05, 3.63) is 47.3 Å². The molecule has 0 saturated carbocycles. The van der Waals surface area contributed by atoms with E-state index in [4.69, 9.17) is 4.74 Å². The third-order valence-corrected chi connectivity index (χ3v) is 5.33. The molecule has 0 radical (unpaired) electrons. The van der Waals surface area contributed by atoms with Gasteiger partial charge in [-0.1, -0.05) is 0 Å². The number of hydrogen-bond donors (Lipinski definition) is 1. The first-order valence-corrected chi connectivity index (χ1v) is 8.90. The SMILES string of the molecule is Cc1cc(F)cc(Oc2ccc(S(=O)(=O)C(F)(F)F)c3c2OC(F)(F)[C@H]3O)c1. The van der Waals surface area contributed by atoms with Crippen LogP contribution in [0.25, 0.3) is 0 Å². The third kappa shape index (κ3) is 3.26. The second kappa shape index (κ2) is 6.27. The van der Waals surface area contributed by atoms with Gasteiger partial charge in [0.2, 0.25) is 0 Å². The number of halogens is 6. The summed E-state index contributed by atoms with van der Waals surface area (Å²) in [5, 5.41) is 9.68. The molecule has 0 aromatic heterocycles. The fraction of sp³-hybridized carbons (Fsp3) is 0.250. The van der Waals surface area contributed by atoms with E-state index in [0.29, 0.717) is 17.7 Å². The lowest BCUT2D eigenvalue weighted by atomic mass is 10.1. The van der Waals surface area contributed by atoms with Crippen LogP contribution in [0.15, 0.2) is 35.2 Å². The molecule has 1 atom stereocenters. The first-order valence-electron chi connectivity index (χ1n) is 7.42. The molecule has 1 aliphatic heterocycles. The van der Waals surface area contributed by atoms with Crippen molar-refractivity contribution < 1.29 is 49.3 Å². The number of fused-ring (bicyclic) bond motifs is 1. The molecule has 3 rings (SSSR count). The highest BCUT2D eigenvalue weighted by Crippen LogP contribution is 2.54. The van der Waals surface area contributed by atoms with Gasteiger partial charge in [-0.3, -0.25) is 0 Å². The Morgan fingerprint density at radius 2 is 1.82 bits per heavy atom. The Bertz CT molecular complexity index is 1030. The number of alkyl halides is 5. The van der Waals surface area contributed by atoms with Crippen molar-refractivity contribution in [1.82, 2.24) is 0 Å². The summed E-state index contributed by atoms with van der Waals surface area (Å²) in [5.41, 5.74) is -6.72. The van der Waals surface area contributed by atoms with E-state index in [1.165, 1.54) is 13.0 Å². The molecule has 0 fully saturated rings. The molecular weight excluding hydrogens is 418 g/mol. The zero-order chi connectivity index (χ0) is 21.1. The highest BCUT2D eigenvalue weighted by atomic mass is 32.2. The maximum Gasteiger partial charge on any atom is 0.501 e. The summed E-state index contributed by atoms with van der Waals surface area (Å²) in [5.74, 6) is -2.67. The van der Waals surface area contributed by atoms with Crippen LogP contribution in [0.2, 0.25) is 0 Å². The van der Waals surface area contributed by atoms with Gasteiger partial charge in [0.25, 0.3) is 9.84 Å². The van der Waals surface area contributed by atoms with Crippen LogP contribution in [-0.4, -0.2) is 25.1 Å². The van der Waals surface area contributed by atoms with E-state index in [1.54, 1.807) is 0 Å². The van der Waals surface area contributed by atoms with Crippen molar-refractivity contribution in [3.8, 4) is 17.2 Å². The number of hydrogen-bond acceptors (Lipinski definition) is 5. The van der Waals surface area contributed by atoms with E-state index in [0.717, 1.165) is 12.1 Å². The zero-order valence-corrected chi connectivity index (χ0v) is 14.5. The molecule has 0 amide bonds. The molecule has 0 aliphatic carbocycles. The summed E-state index contributed by atoms with van der Waals surface area (Å²) in [6.07, 6.45) is -7.40. The van der Waals surface area contributed by atoms with Crippen LogP contribution in [0.3, 0.4) is 0 Å². The van der Waals surface area contributed by atoms with Crippen LogP contribution in [-0.2, 0) is 9.84 Å². The number of aryl methyl sites for hydroxylation is 1. The van der Waals surface area contributed by atoms with Crippen LogP contribution in [0.4, 0.5) is 26.3 Å². The van der Waals surface area contributed by atoms with Gasteiger partial charge in [-0.2, -0.15) is 22.0 Å². The van der Waals surface area contributed by atoms with Gasteiger partial charge in [0, 0.05) is 6.07 Å². The van der Waals surface area contributed by atoms with Gasteiger partial charge in [-0.05, 0) is 36.8 Å². The molecule has 12 heteroatoms. The number of benzene rings is 2. The average molecular weight is 428 g/mol. The lowest BCUT2D eigenvalue weighted by Crippen LogP contribution is -2.28. The highest BCUT2D eigenvalue weighted by Gasteiger charge is 2.57. The van der Waals surface area contributed by atoms with Crippen molar-refractivity contribution in [2.75, 3.05) is 0 Å². The smallest absolute Gasteiger partial charge is 0.453 e. The fourth-order valence-electron chi connectivity index (χ4n) is 2.61. The molecule has 1 aliphatic rings. The van der Waals surface area contributed by atoms with Crippen molar-refractivity contribution in [2.45, 2.75) is 29.5 Å². The Morgan fingerprint density at radius 3 is 2.39 bits per heavy atom. The van der Waals surface area contributed by atoms with Crippen LogP contribution >= 0.6 is 0 Å². The summed E-state index contributed by atoms with van der Waals surface area (Å²) in [6, 6.07) is 4.29. The Hall–Kier alpha value is -2.47. The number of ether oxygens (including phenoxy) is 2. The Labute approximate surface area is 154 Å². The molecule has 2 aromatic rings. The second-order valence-electron chi connectivity index (χ2n) is 5.89. The van der Waals surface area contributed by atoms with E-state index < -0.39 is 55.3 Å². The first-order chi connectivity index (χ1) is 12.7. The summed E-state index contributed by atoms with van der Waals surface area (Å²) < 4.78 is 112. The minimum atomic E-state index is -6.08. The zero-order valence-electron chi connectivity index (χ0n) is 13.7. The monoisotopic (exact) mass is 428 g/mol. The summed E-state index contributed by atoms with van der Waals surface area (Å²) in [6.45, 7) is 1.49. The molecule has 0 saturated heterocycles. The van der Waals surface area contributed by atoms with E-state index in [9.17, 15) is 39.9 Å². The van der Waals surface area contributed by atoms with Crippen LogP contribution < -0.4 is 9.47 Å². The summed E-state index contributed by atoms with van der Waals surface area (Å²) in [7, 11) is -6.08. The van der Waals surface area contributed by atoms with E-state index in [1.807, 2.05) is 0 Å². The molecule has 0 unspecified atom stereocenters. The minimum absolute atomic E-state index is 0.209. The molecule has 1 heterocycles. The lowest BCUT2D eigenvalue weighted by molar-refractivity contribution is -0.224. The predicted octanol–water partition coefficient (Wildman–Crippen LogP) is 4.24. The van der Waals surface area contributed by atoms with Crippen molar-refractivity contribution in [2.24, 2.45) is 0 Å². The molecule has 0 spiro atoms. The van der Waals surface area contributed by atoms with Gasteiger partial charge in [-0.25, -0.2) is 12.8 Å². The van der Waals surface area contributed by atoms with Crippen LogP contribution in [0.5, 0.6) is 17.2 Å². The quantitative estimate of drug-likeness (QED) is 0.741. The van der Waals surface area contributed by atoms with Crippen LogP contribution in [0, 0.1) is 12.7 Å². The topological polar surface area (TPSA) is 72.8 Å². The summed E-state index contributed by atoms with van der Waals surface area (Å²) in [4.78, 5) is -1.59. The Balaban J connectivity index is 2.19. The van der Waals surface area contributed by atoms with Gasteiger partial charge < -0.3 is 14.6 Å². The molecular formula is C16H10F6O5S. The predicted molar refractivity (Wildman–Crippen MR) is 81.4 cm³/mol. The number of aliphatic hydroxyl groups excluding tert-OH is 1. The molecule has 28 heavy (non-hydrogen) atoms. The molecule has 152 valence electrons. The van der Waals surface area contributed by atoms with Crippen LogP contribution in [0.1, 0.15) is 17.2 Å². The highest BCUT2D eigenvalue weighted by molar-refractivity contribution is 7.92. The second-order valence-corrected chi connectivity index (χ2v) is 7.80. The minimum Gasteiger partial charge on any atom is -0.453 e. The Morgan fingerprint density at radius 1 is 1.18 bits per heavy atom. The fourth-order valence-corrected chi connectivity index (χ4v) is 3.60. The van der Waals surface area contributed by atoms with E-state index in [2.05, 4.69) is 4.74 Å². The average Bonchev–Trinajstić information content (AvgIpc) is 2.76. The van der Waals surface area contributed by atoms with Gasteiger partial charge in [-0.15, -0.1) is 0 Å². The molecule has 2 aromatic carbocycles. The molecule has 5 nitrogen and oxygen atoms in total. The van der Waals surface area contributed by atoms with Gasteiger partial charge >= 0.3 is 11.6 Å². The molecule has 0 bridgehead atoms. The van der Waals surface area contributed by atoms with Crippen molar-refractivity contribution in [3.63, 3.8) is 0 Å². The summed E-state index contributed by atoms with van der Waals surface area (Å²) >= 11 is 0. The normalized spacial score (nSPS) is 18.5. The van der Waals surface area contributed by atoms with Crippen molar-refractivity contribution >= 4 is 9.84 Å². The molecule has 1 N–H and O–H groups in total.